The van der Waals surface area contributed by atoms with Crippen LogP contribution in [0.5, 0.6) is 0 Å². The number of benzene rings is 2. The van der Waals surface area contributed by atoms with Gasteiger partial charge in [0.2, 0.25) is 0 Å². The molecule has 1 aliphatic heterocycles. The zero-order valence-corrected chi connectivity index (χ0v) is 16.8. The lowest BCUT2D eigenvalue weighted by Crippen LogP contribution is -2.38. The molecule has 4 rings (SSSR count). The van der Waals surface area contributed by atoms with Gasteiger partial charge in [-0.3, -0.25) is 14.2 Å². The zero-order chi connectivity index (χ0) is 19.9. The fourth-order valence-electron chi connectivity index (χ4n) is 3.34. The molecule has 28 heavy (non-hydrogen) atoms. The van der Waals surface area contributed by atoms with Crippen LogP contribution < -0.4 is 0 Å². The lowest BCUT2D eigenvalue weighted by atomic mass is 10.0. The third-order valence-electron chi connectivity index (χ3n) is 5.15. The van der Waals surface area contributed by atoms with E-state index in [1.807, 2.05) is 24.3 Å². The van der Waals surface area contributed by atoms with E-state index >= 15 is 0 Å². The molecule has 7 heteroatoms. The molecule has 0 radical (unpaired) electrons. The van der Waals surface area contributed by atoms with Crippen LogP contribution in [0.4, 0.5) is 0 Å². The molecule has 0 amide bonds. The summed E-state index contributed by atoms with van der Waals surface area (Å²) in [5.74, 6) is 6.63. The summed E-state index contributed by atoms with van der Waals surface area (Å²) < 4.78 is 28.5. The van der Waals surface area contributed by atoms with Crippen molar-refractivity contribution < 1.29 is 12.6 Å². The Bertz CT molecular complexity index is 1220. The van der Waals surface area contributed by atoms with Crippen LogP contribution in [0.2, 0.25) is 0 Å². The Hall–Kier alpha value is -2.66. The van der Waals surface area contributed by atoms with Gasteiger partial charge in [0, 0.05) is 24.0 Å². The number of nitrogens with zero attached hydrogens (tertiary/aromatic N) is 2. The van der Waals surface area contributed by atoms with Crippen molar-refractivity contribution in [1.82, 2.24) is 15.1 Å². The topological polar surface area (TPSA) is 75.3 Å². The predicted octanol–water partition coefficient (Wildman–Crippen LogP) is 3.04. The fraction of sp³-hybridized carbons (Fsp3) is 0.286. The van der Waals surface area contributed by atoms with E-state index in [0.29, 0.717) is 6.54 Å². The van der Waals surface area contributed by atoms with Crippen LogP contribution >= 0.6 is 0 Å². The van der Waals surface area contributed by atoms with Gasteiger partial charge in [-0.2, -0.15) is 13.5 Å². The van der Waals surface area contributed by atoms with Gasteiger partial charge in [0.15, 0.2) is 0 Å². The molecule has 0 saturated carbocycles. The van der Waals surface area contributed by atoms with Gasteiger partial charge in [0.1, 0.15) is 0 Å². The summed E-state index contributed by atoms with van der Waals surface area (Å²) >= 11 is 0. The van der Waals surface area contributed by atoms with Crippen LogP contribution in [0.15, 0.2) is 47.5 Å². The highest BCUT2D eigenvalue weighted by Gasteiger charge is 2.31. The van der Waals surface area contributed by atoms with Gasteiger partial charge in [-0.1, -0.05) is 17.9 Å². The second-order valence-corrected chi connectivity index (χ2v) is 9.10. The van der Waals surface area contributed by atoms with Crippen molar-refractivity contribution in [1.29, 1.82) is 0 Å². The van der Waals surface area contributed by atoms with Crippen molar-refractivity contribution in [3.8, 4) is 11.8 Å². The van der Waals surface area contributed by atoms with Crippen LogP contribution in [0.25, 0.3) is 10.9 Å². The summed E-state index contributed by atoms with van der Waals surface area (Å²) in [7, 11) is -2.51. The Morgan fingerprint density at radius 1 is 1.14 bits per heavy atom. The maximum Gasteiger partial charge on any atom is 0.296 e. The number of rotatable bonds is 3. The minimum absolute atomic E-state index is 0.188. The van der Waals surface area contributed by atoms with Crippen molar-refractivity contribution in [3.63, 3.8) is 0 Å². The van der Waals surface area contributed by atoms with Crippen LogP contribution in [-0.4, -0.2) is 36.2 Å². The SMILES string of the molecule is COS(=O)(=O)c1ccc2c(c1)CN(C(C)(C)C#Cc1ccc3[nH]ncc3c1)C2. The van der Waals surface area contributed by atoms with Gasteiger partial charge in [0.05, 0.1) is 29.3 Å². The minimum atomic E-state index is -3.69. The molecule has 2 heterocycles. The Kier molecular flexibility index (Phi) is 4.50. The van der Waals surface area contributed by atoms with Crippen molar-refractivity contribution in [2.24, 2.45) is 0 Å². The van der Waals surface area contributed by atoms with E-state index in [-0.39, 0.29) is 10.4 Å². The van der Waals surface area contributed by atoms with Crippen molar-refractivity contribution in [2.75, 3.05) is 7.11 Å². The monoisotopic (exact) mass is 395 g/mol. The number of fused-ring (bicyclic) bond motifs is 2. The third kappa shape index (κ3) is 3.42. The average Bonchev–Trinajstić information content (AvgIpc) is 3.32. The van der Waals surface area contributed by atoms with E-state index in [4.69, 9.17) is 0 Å². The molecular weight excluding hydrogens is 374 g/mol. The number of aromatic amines is 1. The minimum Gasteiger partial charge on any atom is -0.279 e. The first-order chi connectivity index (χ1) is 13.3. The lowest BCUT2D eigenvalue weighted by molar-refractivity contribution is 0.171. The molecule has 0 fully saturated rings. The van der Waals surface area contributed by atoms with Crippen LogP contribution in [-0.2, 0) is 27.4 Å². The molecule has 0 saturated heterocycles. The number of nitrogens with one attached hydrogen (secondary N) is 1. The highest BCUT2D eigenvalue weighted by atomic mass is 32.2. The molecule has 0 bridgehead atoms. The molecule has 3 aromatic rings. The number of H-pyrrole nitrogens is 1. The van der Waals surface area contributed by atoms with Crippen LogP contribution in [0.1, 0.15) is 30.5 Å². The van der Waals surface area contributed by atoms with Gasteiger partial charge < -0.3 is 0 Å². The van der Waals surface area contributed by atoms with E-state index in [1.54, 1.807) is 18.3 Å². The lowest BCUT2D eigenvalue weighted by Gasteiger charge is -2.30. The second kappa shape index (κ2) is 6.74. The molecule has 0 aliphatic carbocycles. The molecule has 0 atom stereocenters. The maximum atomic E-state index is 11.9. The second-order valence-electron chi connectivity index (χ2n) is 7.39. The Balaban J connectivity index is 1.57. The number of aromatic nitrogens is 2. The largest absolute Gasteiger partial charge is 0.296 e. The highest BCUT2D eigenvalue weighted by molar-refractivity contribution is 7.86. The van der Waals surface area contributed by atoms with Crippen molar-refractivity contribution >= 4 is 21.0 Å². The van der Waals surface area contributed by atoms with Crippen molar-refractivity contribution in [3.05, 3.63) is 59.3 Å². The summed E-state index contributed by atoms with van der Waals surface area (Å²) in [6.07, 6.45) is 1.79. The van der Waals surface area contributed by atoms with Gasteiger partial charge in [-0.05, 0) is 55.3 Å². The summed E-state index contributed by atoms with van der Waals surface area (Å²) in [6.45, 7) is 5.53. The predicted molar refractivity (Wildman–Crippen MR) is 107 cm³/mol. The molecule has 2 aromatic carbocycles. The Morgan fingerprint density at radius 3 is 2.71 bits per heavy atom. The maximum absolute atomic E-state index is 11.9. The van der Waals surface area contributed by atoms with Crippen molar-refractivity contribution in [2.45, 2.75) is 37.4 Å². The third-order valence-corrected chi connectivity index (χ3v) is 6.42. The quantitative estimate of drug-likeness (QED) is 0.545. The standard InChI is InChI=1S/C21H21N3O3S/c1-21(2,9-8-15-4-7-20-17(10-15)12-22-23-20)24-13-16-5-6-19(11-18(16)14-24)28(25,26)27-3/h4-7,10-12H,13-14H2,1-3H3,(H,22,23). The van der Waals surface area contributed by atoms with Gasteiger partial charge in [-0.15, -0.1) is 0 Å². The van der Waals surface area contributed by atoms with Crippen LogP contribution in [0.3, 0.4) is 0 Å². The first-order valence-electron chi connectivity index (χ1n) is 8.92. The number of hydrogen-bond acceptors (Lipinski definition) is 5. The molecule has 1 N–H and O–H groups in total. The van der Waals surface area contributed by atoms with Gasteiger partial charge >= 0.3 is 0 Å². The summed E-state index contributed by atoms with van der Waals surface area (Å²) in [5, 5.41) is 8.00. The molecule has 1 aromatic heterocycles. The number of hydrogen-bond donors (Lipinski definition) is 1. The Morgan fingerprint density at radius 2 is 1.93 bits per heavy atom. The van der Waals surface area contributed by atoms with E-state index < -0.39 is 10.1 Å². The summed E-state index contributed by atoms with van der Waals surface area (Å²) in [5.41, 5.74) is 3.66. The average molecular weight is 395 g/mol. The molecule has 1 aliphatic rings. The first-order valence-corrected chi connectivity index (χ1v) is 10.3. The van der Waals surface area contributed by atoms with E-state index in [9.17, 15) is 8.42 Å². The molecular formula is C21H21N3O3S. The normalized spacial score (nSPS) is 14.7. The zero-order valence-electron chi connectivity index (χ0n) is 16.0. The molecule has 144 valence electrons. The Labute approximate surface area is 164 Å². The van der Waals surface area contributed by atoms with E-state index in [1.165, 1.54) is 7.11 Å². The van der Waals surface area contributed by atoms with Crippen LogP contribution in [0, 0.1) is 11.8 Å². The summed E-state index contributed by atoms with van der Waals surface area (Å²) in [6, 6.07) is 11.1. The summed E-state index contributed by atoms with van der Waals surface area (Å²) in [4.78, 5) is 2.43. The van der Waals surface area contributed by atoms with Gasteiger partial charge in [0.25, 0.3) is 10.1 Å². The first kappa shape index (κ1) is 18.7. The van der Waals surface area contributed by atoms with Gasteiger partial charge in [-0.25, -0.2) is 0 Å². The van der Waals surface area contributed by atoms with E-state index in [0.717, 1.165) is 34.1 Å². The molecule has 6 nitrogen and oxygen atoms in total. The molecule has 0 spiro atoms. The highest BCUT2D eigenvalue weighted by Crippen LogP contribution is 2.31. The smallest absolute Gasteiger partial charge is 0.279 e. The molecule has 0 unspecified atom stereocenters. The fourth-order valence-corrected chi connectivity index (χ4v) is 4.06. The van der Waals surface area contributed by atoms with E-state index in [2.05, 4.69) is 45.0 Å².